The van der Waals surface area contributed by atoms with E-state index >= 15 is 0 Å². The van der Waals surface area contributed by atoms with Crippen LogP contribution >= 0.6 is 0 Å². The summed E-state index contributed by atoms with van der Waals surface area (Å²) in [5.74, 6) is 0.922. The van der Waals surface area contributed by atoms with E-state index in [1.165, 1.54) is 12.1 Å². The normalized spacial score (nSPS) is 14.3. The summed E-state index contributed by atoms with van der Waals surface area (Å²) in [4.78, 5) is 27.8. The first-order chi connectivity index (χ1) is 17.4. The second-order valence-corrected chi connectivity index (χ2v) is 8.55. The van der Waals surface area contributed by atoms with E-state index in [1.54, 1.807) is 35.2 Å². The fourth-order valence-corrected chi connectivity index (χ4v) is 4.08. The van der Waals surface area contributed by atoms with Crippen LogP contribution in [0.25, 0.3) is 23.1 Å². The predicted molar refractivity (Wildman–Crippen MR) is 141 cm³/mol. The molecule has 0 radical (unpaired) electrons. The first-order valence-corrected chi connectivity index (χ1v) is 11.4. The number of carbonyl (C=O) groups excluding carboxylic acids is 1. The van der Waals surface area contributed by atoms with E-state index in [2.05, 4.69) is 0 Å². The van der Waals surface area contributed by atoms with E-state index in [4.69, 9.17) is 4.42 Å². The molecule has 7 heteroatoms. The molecule has 0 N–H and O–H groups in total. The third-order valence-electron chi connectivity index (χ3n) is 5.96. The number of nitro benzene ring substituents is 1. The highest BCUT2D eigenvalue weighted by Crippen LogP contribution is 2.36. The number of furan rings is 1. The molecule has 7 nitrogen and oxygen atoms in total. The van der Waals surface area contributed by atoms with Gasteiger partial charge in [-0.25, -0.2) is 0 Å². The number of rotatable bonds is 6. The van der Waals surface area contributed by atoms with Crippen molar-refractivity contribution in [2.24, 2.45) is 0 Å². The summed E-state index contributed by atoms with van der Waals surface area (Å²) < 4.78 is 5.95. The van der Waals surface area contributed by atoms with E-state index in [9.17, 15) is 14.9 Å². The molecule has 1 aromatic heterocycles. The number of hydrogen-bond donors (Lipinski definition) is 0. The summed E-state index contributed by atoms with van der Waals surface area (Å²) in [5.41, 5.74) is 4.75. The van der Waals surface area contributed by atoms with Gasteiger partial charge in [-0.3, -0.25) is 19.8 Å². The van der Waals surface area contributed by atoms with Crippen molar-refractivity contribution in [2.75, 3.05) is 23.9 Å². The van der Waals surface area contributed by atoms with Gasteiger partial charge in [0.2, 0.25) is 0 Å². The highest BCUT2D eigenvalue weighted by molar-refractivity contribution is 6.23. The largest absolute Gasteiger partial charge is 0.457 e. The van der Waals surface area contributed by atoms with Crippen LogP contribution in [0.2, 0.25) is 0 Å². The zero-order chi connectivity index (χ0) is 25.2. The van der Waals surface area contributed by atoms with Crippen LogP contribution in [0.4, 0.5) is 17.1 Å². The molecule has 0 fully saturated rings. The highest BCUT2D eigenvalue weighted by Gasteiger charge is 2.30. The molecule has 2 heterocycles. The lowest BCUT2D eigenvalue weighted by Crippen LogP contribution is -2.25. The van der Waals surface area contributed by atoms with E-state index in [-0.39, 0.29) is 11.6 Å². The van der Waals surface area contributed by atoms with Crippen LogP contribution in [0.1, 0.15) is 11.3 Å². The fraction of sp³-hybridized carbons (Fsp3) is 0.0690. The van der Waals surface area contributed by atoms with E-state index in [1.807, 2.05) is 79.7 Å². The number of amides is 1. The third kappa shape index (κ3) is 4.42. The van der Waals surface area contributed by atoms with Gasteiger partial charge in [0.1, 0.15) is 11.5 Å². The molecular weight excluding hydrogens is 454 g/mol. The van der Waals surface area contributed by atoms with Gasteiger partial charge in [0.05, 0.1) is 10.6 Å². The van der Waals surface area contributed by atoms with Crippen molar-refractivity contribution in [3.05, 3.63) is 124 Å². The Morgan fingerprint density at radius 3 is 2.19 bits per heavy atom. The first-order valence-electron chi connectivity index (χ1n) is 11.4. The number of non-ortho nitro benzene ring substituents is 1. The average molecular weight is 478 g/mol. The quantitative estimate of drug-likeness (QED) is 0.183. The molecule has 4 aromatic rings. The lowest BCUT2D eigenvalue weighted by atomic mass is 10.1. The Morgan fingerprint density at radius 2 is 1.56 bits per heavy atom. The van der Waals surface area contributed by atoms with Crippen molar-refractivity contribution in [1.82, 2.24) is 0 Å². The van der Waals surface area contributed by atoms with Crippen LogP contribution in [-0.2, 0) is 4.79 Å². The van der Waals surface area contributed by atoms with Crippen LogP contribution in [-0.4, -0.2) is 24.9 Å². The minimum Gasteiger partial charge on any atom is -0.457 e. The molecular formula is C29H23N3O4. The number of carbonyl (C=O) groups is 1. The van der Waals surface area contributed by atoms with Crippen LogP contribution in [0, 0.1) is 10.1 Å². The fourth-order valence-electron chi connectivity index (χ4n) is 4.08. The summed E-state index contributed by atoms with van der Waals surface area (Å²) in [5, 5.41) is 10.9. The van der Waals surface area contributed by atoms with E-state index in [0.29, 0.717) is 22.7 Å². The number of nitrogens with zero attached hydrogens (tertiary/aromatic N) is 3. The molecule has 1 amide bonds. The van der Waals surface area contributed by atoms with Crippen LogP contribution in [0.15, 0.2) is 107 Å². The molecule has 0 atom stereocenters. The molecule has 3 aromatic carbocycles. The predicted octanol–water partition coefficient (Wildman–Crippen LogP) is 6.39. The molecule has 0 aliphatic carbocycles. The molecule has 1 aliphatic rings. The number of benzene rings is 3. The van der Waals surface area contributed by atoms with Crippen LogP contribution in [0.3, 0.4) is 0 Å². The Labute approximate surface area is 208 Å². The summed E-state index contributed by atoms with van der Waals surface area (Å²) >= 11 is 0. The standard InChI is InChI=1S/C29H23N3O4/c1-30(2)23-12-14-24(15-13-23)31-27(20-6-4-3-5-7-20)19-22(29(31)33)18-26-16-17-28(36-26)21-8-10-25(11-9-21)32(34)35/h3-19H,1-2H3/b22-18+. The molecule has 0 unspecified atom stereocenters. The van der Waals surface area contributed by atoms with Crippen molar-refractivity contribution < 1.29 is 14.1 Å². The van der Waals surface area contributed by atoms with Gasteiger partial charge in [0.25, 0.3) is 11.6 Å². The summed E-state index contributed by atoms with van der Waals surface area (Å²) in [6, 6.07) is 27.3. The lowest BCUT2D eigenvalue weighted by molar-refractivity contribution is -0.384. The summed E-state index contributed by atoms with van der Waals surface area (Å²) in [6.45, 7) is 0. The van der Waals surface area contributed by atoms with Gasteiger partial charge in [0, 0.05) is 48.7 Å². The van der Waals surface area contributed by atoms with Crippen LogP contribution < -0.4 is 9.80 Å². The Bertz CT molecular complexity index is 1480. The van der Waals surface area contributed by atoms with Gasteiger partial charge in [-0.2, -0.15) is 0 Å². The van der Waals surface area contributed by atoms with E-state index in [0.717, 1.165) is 22.6 Å². The van der Waals surface area contributed by atoms with Crippen molar-refractivity contribution in [1.29, 1.82) is 0 Å². The number of nitro groups is 1. The molecule has 0 bridgehead atoms. The van der Waals surface area contributed by atoms with Gasteiger partial charge in [-0.1, -0.05) is 30.3 Å². The second kappa shape index (κ2) is 9.38. The Hall–Kier alpha value is -4.91. The molecule has 5 rings (SSSR count). The van der Waals surface area contributed by atoms with Crippen molar-refractivity contribution in [2.45, 2.75) is 0 Å². The maximum absolute atomic E-state index is 13.6. The highest BCUT2D eigenvalue weighted by atomic mass is 16.6. The topological polar surface area (TPSA) is 79.8 Å². The maximum Gasteiger partial charge on any atom is 0.269 e. The van der Waals surface area contributed by atoms with Crippen LogP contribution in [0.5, 0.6) is 0 Å². The second-order valence-electron chi connectivity index (χ2n) is 8.55. The summed E-state index contributed by atoms with van der Waals surface area (Å²) in [6.07, 6.45) is 3.58. The zero-order valence-corrected chi connectivity index (χ0v) is 19.8. The molecule has 1 aliphatic heterocycles. The maximum atomic E-state index is 13.6. The van der Waals surface area contributed by atoms with Gasteiger partial charge in [-0.15, -0.1) is 0 Å². The molecule has 0 saturated heterocycles. The first kappa shape index (κ1) is 22.9. The third-order valence-corrected chi connectivity index (χ3v) is 5.96. The van der Waals surface area contributed by atoms with Gasteiger partial charge >= 0.3 is 0 Å². The van der Waals surface area contributed by atoms with E-state index < -0.39 is 4.92 Å². The Balaban J connectivity index is 1.49. The molecule has 0 spiro atoms. The van der Waals surface area contributed by atoms with Gasteiger partial charge < -0.3 is 9.32 Å². The monoisotopic (exact) mass is 477 g/mol. The van der Waals surface area contributed by atoms with Gasteiger partial charge in [0.15, 0.2) is 0 Å². The minimum absolute atomic E-state index is 0.0153. The average Bonchev–Trinajstić information content (AvgIpc) is 3.49. The Kier molecular flexibility index (Phi) is 5.96. The smallest absolute Gasteiger partial charge is 0.269 e. The zero-order valence-electron chi connectivity index (χ0n) is 19.8. The van der Waals surface area contributed by atoms with Crippen molar-refractivity contribution in [3.8, 4) is 11.3 Å². The lowest BCUT2D eigenvalue weighted by Gasteiger charge is -2.22. The summed E-state index contributed by atoms with van der Waals surface area (Å²) in [7, 11) is 3.95. The Morgan fingerprint density at radius 1 is 0.861 bits per heavy atom. The molecule has 36 heavy (non-hydrogen) atoms. The molecule has 178 valence electrons. The van der Waals surface area contributed by atoms with Crippen molar-refractivity contribution >= 4 is 34.7 Å². The number of anilines is 2. The molecule has 0 saturated carbocycles. The SMILES string of the molecule is CN(C)c1ccc(N2C(=O)/C(=C/c3ccc(-c4ccc([N+](=O)[O-])cc4)o3)C=C2c2ccccc2)cc1. The number of hydrogen-bond acceptors (Lipinski definition) is 5. The van der Waals surface area contributed by atoms with Gasteiger partial charge in [-0.05, 0) is 66.2 Å². The minimum atomic E-state index is -0.441. The van der Waals surface area contributed by atoms with Crippen molar-refractivity contribution in [3.63, 3.8) is 0 Å².